The average Bonchev–Trinajstić information content (AvgIpc) is 1.88. The Balaban J connectivity index is 3.00. The third-order valence-electron chi connectivity index (χ3n) is 0.931. The molecule has 0 atom stereocenters. The first-order valence-corrected chi connectivity index (χ1v) is 2.63. The lowest BCUT2D eigenvalue weighted by molar-refractivity contribution is -0.394. The first-order chi connectivity index (χ1) is 4.70. The second-order valence-electron chi connectivity index (χ2n) is 1.82. The summed E-state index contributed by atoms with van der Waals surface area (Å²) in [6.45, 7) is 1.77. The van der Waals surface area contributed by atoms with Gasteiger partial charge in [-0.2, -0.15) is 0 Å². The third kappa shape index (κ3) is 1.25. The minimum Gasteiger partial charge on any atom is -0.390 e. The summed E-state index contributed by atoms with van der Waals surface area (Å²) in [6, 6.07) is 0. The van der Waals surface area contributed by atoms with Gasteiger partial charge in [0.2, 0.25) is 0 Å². The molecule has 0 aliphatic heterocycles. The predicted octanol–water partition coefficient (Wildman–Crippen LogP) is 0.693. The molecular weight excluding hydrogens is 134 g/mol. The Morgan fingerprint density at radius 2 is 2.00 bits per heavy atom. The molecule has 5 nitrogen and oxygen atoms in total. The van der Waals surface area contributed by atoms with Gasteiger partial charge in [-0.3, -0.25) is 0 Å². The fourth-order valence-corrected chi connectivity index (χ4v) is 0.480. The number of aromatic nitrogens is 2. The van der Waals surface area contributed by atoms with E-state index in [1.165, 1.54) is 12.4 Å². The number of rotatable bonds is 1. The van der Waals surface area contributed by atoms with Gasteiger partial charge in [0.15, 0.2) is 0 Å². The zero-order chi connectivity index (χ0) is 7.56. The van der Waals surface area contributed by atoms with E-state index in [0.29, 0.717) is 0 Å². The molecule has 0 N–H and O–H groups in total. The second-order valence-corrected chi connectivity index (χ2v) is 1.82. The van der Waals surface area contributed by atoms with E-state index in [0.717, 1.165) is 5.56 Å². The summed E-state index contributed by atoms with van der Waals surface area (Å²) in [6.07, 6.45) is 2.82. The average molecular weight is 139 g/mol. The molecule has 0 unspecified atom stereocenters. The van der Waals surface area contributed by atoms with Crippen LogP contribution in [0.5, 0.6) is 0 Å². The number of nitrogens with zero attached hydrogens (tertiary/aromatic N) is 3. The third-order valence-corrected chi connectivity index (χ3v) is 0.931. The van der Waals surface area contributed by atoms with Crippen LogP contribution in [-0.4, -0.2) is 14.9 Å². The molecule has 0 amide bonds. The van der Waals surface area contributed by atoms with Gasteiger partial charge in [-0.1, -0.05) is 9.97 Å². The van der Waals surface area contributed by atoms with Crippen molar-refractivity contribution in [2.75, 3.05) is 0 Å². The van der Waals surface area contributed by atoms with Crippen LogP contribution in [0.2, 0.25) is 0 Å². The number of hydrogen-bond donors (Lipinski definition) is 0. The van der Waals surface area contributed by atoms with E-state index in [2.05, 4.69) is 9.97 Å². The standard InChI is InChI=1S/C5H5N3O2/c1-4-2-6-5(7-3-4)8(9)10/h2-3H,1H3. The van der Waals surface area contributed by atoms with Gasteiger partial charge >= 0.3 is 5.95 Å². The van der Waals surface area contributed by atoms with Gasteiger partial charge in [0.25, 0.3) is 0 Å². The van der Waals surface area contributed by atoms with Crippen LogP contribution in [-0.2, 0) is 0 Å². The lowest BCUT2D eigenvalue weighted by Crippen LogP contribution is -1.94. The highest BCUT2D eigenvalue weighted by atomic mass is 16.6. The van der Waals surface area contributed by atoms with Crippen molar-refractivity contribution in [3.8, 4) is 0 Å². The van der Waals surface area contributed by atoms with Crippen LogP contribution in [0.3, 0.4) is 0 Å². The van der Waals surface area contributed by atoms with Crippen molar-refractivity contribution in [1.29, 1.82) is 0 Å². The molecule has 0 spiro atoms. The Bertz CT molecular complexity index is 244. The van der Waals surface area contributed by atoms with Crippen LogP contribution in [0.4, 0.5) is 5.95 Å². The SMILES string of the molecule is Cc1cnc([N+](=O)[O-])nc1. The zero-order valence-corrected chi connectivity index (χ0v) is 5.31. The molecule has 0 fully saturated rings. The maximum absolute atomic E-state index is 9.99. The van der Waals surface area contributed by atoms with E-state index in [9.17, 15) is 10.1 Å². The van der Waals surface area contributed by atoms with Crippen LogP contribution in [0, 0.1) is 17.0 Å². The Morgan fingerprint density at radius 3 is 2.40 bits per heavy atom. The zero-order valence-electron chi connectivity index (χ0n) is 5.31. The van der Waals surface area contributed by atoms with Crippen molar-refractivity contribution >= 4 is 5.95 Å². The highest BCUT2D eigenvalue weighted by molar-refractivity contribution is 5.08. The minimum absolute atomic E-state index is 0.356. The fraction of sp³-hybridized carbons (Fsp3) is 0.200. The van der Waals surface area contributed by atoms with Gasteiger partial charge in [-0.15, -0.1) is 0 Å². The molecule has 5 heteroatoms. The molecule has 0 saturated carbocycles. The van der Waals surface area contributed by atoms with E-state index < -0.39 is 4.92 Å². The fourth-order valence-electron chi connectivity index (χ4n) is 0.480. The molecule has 52 valence electrons. The highest BCUT2D eigenvalue weighted by Crippen LogP contribution is 1.99. The van der Waals surface area contributed by atoms with Crippen LogP contribution in [0.1, 0.15) is 5.56 Å². The second kappa shape index (κ2) is 2.38. The summed E-state index contributed by atoms with van der Waals surface area (Å²) in [7, 11) is 0. The van der Waals surface area contributed by atoms with Crippen molar-refractivity contribution in [1.82, 2.24) is 9.97 Å². The van der Waals surface area contributed by atoms with E-state index in [1.807, 2.05) is 0 Å². The van der Waals surface area contributed by atoms with Crippen LogP contribution in [0.15, 0.2) is 12.4 Å². The van der Waals surface area contributed by atoms with Crippen molar-refractivity contribution < 1.29 is 4.92 Å². The molecule has 0 aliphatic carbocycles. The summed E-state index contributed by atoms with van der Waals surface area (Å²) in [4.78, 5) is 16.3. The molecule has 0 radical (unpaired) electrons. The van der Waals surface area contributed by atoms with Crippen molar-refractivity contribution in [3.63, 3.8) is 0 Å². The smallest absolute Gasteiger partial charge is 0.390 e. The van der Waals surface area contributed by atoms with Gasteiger partial charge < -0.3 is 10.1 Å². The molecule has 0 saturated heterocycles. The van der Waals surface area contributed by atoms with Gasteiger partial charge in [0.05, 0.1) is 0 Å². The quantitative estimate of drug-likeness (QED) is 0.424. The molecule has 0 aromatic carbocycles. The molecule has 1 heterocycles. The van der Waals surface area contributed by atoms with E-state index >= 15 is 0 Å². The summed E-state index contributed by atoms with van der Waals surface area (Å²) in [5, 5.41) is 9.99. The van der Waals surface area contributed by atoms with Crippen LogP contribution in [0.25, 0.3) is 0 Å². The molecule has 10 heavy (non-hydrogen) atoms. The van der Waals surface area contributed by atoms with Gasteiger partial charge in [-0.05, 0) is 11.8 Å². The Hall–Kier alpha value is -1.52. The van der Waals surface area contributed by atoms with Crippen molar-refractivity contribution in [3.05, 3.63) is 28.1 Å². The Morgan fingerprint density at radius 1 is 1.50 bits per heavy atom. The molecule has 0 aliphatic rings. The Labute approximate surface area is 56.9 Å². The number of hydrogen-bond acceptors (Lipinski definition) is 4. The molecule has 1 rings (SSSR count). The molecule has 0 bridgehead atoms. The predicted molar refractivity (Wildman–Crippen MR) is 33.4 cm³/mol. The monoisotopic (exact) mass is 139 g/mol. The minimum atomic E-state index is -0.626. The largest absolute Gasteiger partial charge is 0.468 e. The normalized spacial score (nSPS) is 9.30. The first kappa shape index (κ1) is 6.60. The van der Waals surface area contributed by atoms with E-state index in [-0.39, 0.29) is 5.95 Å². The lowest BCUT2D eigenvalue weighted by Gasteiger charge is -1.88. The van der Waals surface area contributed by atoms with Gasteiger partial charge in [0, 0.05) is 5.56 Å². The lowest BCUT2D eigenvalue weighted by atomic mass is 10.4. The number of aryl methyl sites for hydroxylation is 1. The topological polar surface area (TPSA) is 68.9 Å². The molecule has 1 aromatic heterocycles. The molecule has 1 aromatic rings. The number of nitro groups is 1. The van der Waals surface area contributed by atoms with Crippen molar-refractivity contribution in [2.45, 2.75) is 6.92 Å². The summed E-state index contributed by atoms with van der Waals surface area (Å²) in [5.41, 5.74) is 0.811. The van der Waals surface area contributed by atoms with E-state index in [4.69, 9.17) is 0 Å². The van der Waals surface area contributed by atoms with Crippen LogP contribution >= 0.6 is 0 Å². The summed E-state index contributed by atoms with van der Waals surface area (Å²) >= 11 is 0. The Kier molecular flexibility index (Phi) is 1.57. The summed E-state index contributed by atoms with van der Waals surface area (Å²) in [5.74, 6) is -0.356. The highest BCUT2D eigenvalue weighted by Gasteiger charge is 2.05. The summed E-state index contributed by atoms with van der Waals surface area (Å²) < 4.78 is 0. The van der Waals surface area contributed by atoms with Gasteiger partial charge in [-0.25, -0.2) is 0 Å². The van der Waals surface area contributed by atoms with E-state index in [1.54, 1.807) is 6.92 Å². The van der Waals surface area contributed by atoms with Gasteiger partial charge in [0.1, 0.15) is 12.4 Å². The first-order valence-electron chi connectivity index (χ1n) is 2.63. The maximum Gasteiger partial charge on any atom is 0.468 e. The van der Waals surface area contributed by atoms with Crippen LogP contribution < -0.4 is 0 Å². The van der Waals surface area contributed by atoms with Crippen molar-refractivity contribution in [2.24, 2.45) is 0 Å². The molecular formula is C5H5N3O2. The maximum atomic E-state index is 9.99.